The number of methoxy groups -OCH3 is 1. The molecule has 1 aliphatic rings. The van der Waals surface area contributed by atoms with Crippen LogP contribution in [0.5, 0.6) is 17.2 Å². The monoisotopic (exact) mass is 660 g/mol. The third kappa shape index (κ3) is 8.78. The van der Waals surface area contributed by atoms with E-state index in [1.54, 1.807) is 56.3 Å². The van der Waals surface area contributed by atoms with Crippen molar-refractivity contribution in [2.45, 2.75) is 32.7 Å². The molecule has 0 aliphatic carbocycles. The number of carbonyl (C=O) groups is 2. The maximum absolute atomic E-state index is 13.1. The number of nitrogens with one attached hydrogen (secondary N) is 3. The summed E-state index contributed by atoms with van der Waals surface area (Å²) in [6, 6.07) is 12.7. The van der Waals surface area contributed by atoms with E-state index < -0.39 is 24.3 Å². The molecule has 2 amide bonds. The Balaban J connectivity index is 1.37. The van der Waals surface area contributed by atoms with Gasteiger partial charge < -0.3 is 34.7 Å². The van der Waals surface area contributed by atoms with Gasteiger partial charge >= 0.3 is 12.0 Å². The molecule has 0 bridgehead atoms. The molecule has 4 N–H and O–H groups in total. The van der Waals surface area contributed by atoms with E-state index in [1.165, 1.54) is 25.5 Å². The second-order valence-electron chi connectivity index (χ2n) is 9.64. The Labute approximate surface area is 268 Å². The highest BCUT2D eigenvalue weighted by Crippen LogP contribution is 2.36. The first kappa shape index (κ1) is 33.4. The molecule has 4 rings (SSSR count). The van der Waals surface area contributed by atoms with E-state index >= 15 is 0 Å². The van der Waals surface area contributed by atoms with Crippen LogP contribution in [0, 0.1) is 5.82 Å². The number of amides is 2. The van der Waals surface area contributed by atoms with Crippen LogP contribution < -0.4 is 30.3 Å². The number of allylic oxidation sites excluding steroid dienone is 1. The molecule has 0 saturated heterocycles. The van der Waals surface area contributed by atoms with Crippen LogP contribution in [0.1, 0.15) is 36.6 Å². The first-order valence-electron chi connectivity index (χ1n) is 13.7. The van der Waals surface area contributed by atoms with Crippen LogP contribution >= 0.6 is 23.2 Å². The summed E-state index contributed by atoms with van der Waals surface area (Å²) in [5.74, 6) is -0.00356. The van der Waals surface area contributed by atoms with Crippen molar-refractivity contribution in [3.63, 3.8) is 0 Å². The first-order chi connectivity index (χ1) is 21.6. The highest BCUT2D eigenvalue weighted by molar-refractivity contribution is 6.37. The minimum Gasteiger partial charge on any atom is -0.490 e. The van der Waals surface area contributed by atoms with Crippen molar-refractivity contribution in [2.75, 3.05) is 20.3 Å². The Morgan fingerprint density at radius 3 is 2.47 bits per heavy atom. The molecule has 11 nitrogen and oxygen atoms in total. The summed E-state index contributed by atoms with van der Waals surface area (Å²) in [6.45, 7) is 3.66. The molecule has 3 aromatic carbocycles. The van der Waals surface area contributed by atoms with Crippen molar-refractivity contribution < 1.29 is 38.0 Å². The normalized spacial score (nSPS) is 15.3. The van der Waals surface area contributed by atoms with Gasteiger partial charge in [-0.3, -0.25) is 5.43 Å². The fraction of sp³-hybridized carbons (Fsp3) is 0.258. The fourth-order valence-corrected chi connectivity index (χ4v) is 4.96. The van der Waals surface area contributed by atoms with Crippen molar-refractivity contribution in [2.24, 2.45) is 5.10 Å². The van der Waals surface area contributed by atoms with Crippen LogP contribution in [-0.4, -0.2) is 49.9 Å². The summed E-state index contributed by atoms with van der Waals surface area (Å²) >= 11 is 12.7. The molecular formula is C31H31Cl2FN4O7. The lowest BCUT2D eigenvalue weighted by molar-refractivity contribution is -0.136. The van der Waals surface area contributed by atoms with Crippen LogP contribution in [0.4, 0.5) is 9.18 Å². The summed E-state index contributed by atoms with van der Waals surface area (Å²) in [5.41, 5.74) is 5.02. The smallest absolute Gasteiger partial charge is 0.337 e. The number of rotatable bonds is 13. The lowest BCUT2D eigenvalue weighted by Gasteiger charge is -2.28. The van der Waals surface area contributed by atoms with Crippen LogP contribution in [-0.2, 0) is 16.1 Å². The molecule has 0 spiro atoms. The lowest BCUT2D eigenvalue weighted by atomic mass is 9.95. The Morgan fingerprint density at radius 2 is 1.80 bits per heavy atom. The Morgan fingerprint density at radius 1 is 1.09 bits per heavy atom. The van der Waals surface area contributed by atoms with Gasteiger partial charge in [0, 0.05) is 5.70 Å². The van der Waals surface area contributed by atoms with Gasteiger partial charge in [0.15, 0.2) is 23.5 Å². The summed E-state index contributed by atoms with van der Waals surface area (Å²) in [7, 11) is 1.26. The molecule has 0 saturated carbocycles. The third-order valence-electron chi connectivity index (χ3n) is 6.43. The summed E-state index contributed by atoms with van der Waals surface area (Å²) in [5, 5.41) is 20.2. The van der Waals surface area contributed by atoms with Crippen LogP contribution in [0.15, 0.2) is 71.0 Å². The number of ether oxygens (including phenoxy) is 4. The lowest BCUT2D eigenvalue weighted by Crippen LogP contribution is -2.45. The zero-order valence-corrected chi connectivity index (χ0v) is 26.0. The molecule has 45 heavy (non-hydrogen) atoms. The van der Waals surface area contributed by atoms with E-state index in [4.69, 9.17) is 42.1 Å². The fourth-order valence-electron chi connectivity index (χ4n) is 4.35. The number of esters is 1. The number of hydrazone groups is 1. The van der Waals surface area contributed by atoms with Crippen molar-refractivity contribution in [3.8, 4) is 17.2 Å². The maximum Gasteiger partial charge on any atom is 0.337 e. The topological polar surface area (TPSA) is 140 Å². The van der Waals surface area contributed by atoms with Crippen molar-refractivity contribution in [3.05, 3.63) is 98.4 Å². The van der Waals surface area contributed by atoms with E-state index in [-0.39, 0.29) is 40.4 Å². The number of benzene rings is 3. The van der Waals surface area contributed by atoms with Gasteiger partial charge in [0.2, 0.25) is 0 Å². The number of hydrogen-bond donors (Lipinski definition) is 4. The number of carbonyl (C=O) groups excluding carboxylic acids is 2. The minimum absolute atomic E-state index is 0.147. The van der Waals surface area contributed by atoms with Gasteiger partial charge in [-0.2, -0.15) is 5.10 Å². The number of aliphatic hydroxyl groups excluding tert-OH is 1. The van der Waals surface area contributed by atoms with Crippen molar-refractivity contribution in [1.82, 2.24) is 16.1 Å². The maximum atomic E-state index is 13.1. The van der Waals surface area contributed by atoms with E-state index in [0.717, 1.165) is 5.56 Å². The highest BCUT2D eigenvalue weighted by Gasteiger charge is 2.32. The zero-order valence-electron chi connectivity index (χ0n) is 24.5. The molecule has 0 fully saturated rings. The van der Waals surface area contributed by atoms with E-state index in [1.807, 2.05) is 0 Å². The molecule has 1 aliphatic heterocycles. The molecule has 3 aromatic rings. The molecular weight excluding hydrogens is 630 g/mol. The Hall–Kier alpha value is -4.52. The quantitative estimate of drug-likeness (QED) is 0.0846. The van der Waals surface area contributed by atoms with Crippen LogP contribution in [0.25, 0.3) is 0 Å². The average Bonchev–Trinajstić information content (AvgIpc) is 3.00. The first-order valence-corrected chi connectivity index (χ1v) is 14.4. The van der Waals surface area contributed by atoms with Gasteiger partial charge in [-0.05, 0) is 66.9 Å². The predicted octanol–water partition coefficient (Wildman–Crippen LogP) is 5.23. The van der Waals surface area contributed by atoms with Gasteiger partial charge in [-0.15, -0.1) is 0 Å². The molecule has 2 atom stereocenters. The summed E-state index contributed by atoms with van der Waals surface area (Å²) < 4.78 is 35.2. The van der Waals surface area contributed by atoms with Gasteiger partial charge in [0.25, 0.3) is 0 Å². The second kappa shape index (κ2) is 15.5. The molecule has 14 heteroatoms. The number of nitrogens with zero attached hydrogens (tertiary/aromatic N) is 1. The molecule has 0 unspecified atom stereocenters. The highest BCUT2D eigenvalue weighted by atomic mass is 35.5. The Bertz CT molecular complexity index is 1580. The van der Waals surface area contributed by atoms with Gasteiger partial charge in [0.1, 0.15) is 19.0 Å². The van der Waals surface area contributed by atoms with E-state index in [9.17, 15) is 19.1 Å². The Kier molecular flexibility index (Phi) is 11.5. The molecule has 238 valence electrons. The van der Waals surface area contributed by atoms with Crippen molar-refractivity contribution in [1.29, 1.82) is 0 Å². The van der Waals surface area contributed by atoms with Crippen LogP contribution in [0.2, 0.25) is 10.0 Å². The van der Waals surface area contributed by atoms with Gasteiger partial charge in [-0.25, -0.2) is 14.0 Å². The van der Waals surface area contributed by atoms with Gasteiger partial charge in [-0.1, -0.05) is 41.4 Å². The standard InChI is InChI=1S/C31H31Cl2FN4O7/c1-4-43-25-13-20(28-27(30(40)42-3)17(2)36-31(41)37-28)7-10-24(25)44-16-26(39)38-35-14-19-11-22(32)29(23(33)12-19)45-15-18-5-8-21(34)9-6-18/h5-14,26,28,38-39H,4,15-16H2,1-3H3,(H2,36,37,41)/b35-14-/t26-,28+/m0/s1. The number of aliphatic hydroxyl groups is 1. The number of hydrogen-bond acceptors (Lipinski definition) is 9. The number of halogens is 3. The van der Waals surface area contributed by atoms with E-state index in [0.29, 0.717) is 34.9 Å². The third-order valence-corrected chi connectivity index (χ3v) is 6.99. The SMILES string of the molecule is CCOc1cc([C@H]2NC(=O)NC(C)=C2C(=O)OC)ccc1OC[C@H](O)N/N=C\c1cc(Cl)c(OCc2ccc(F)cc2)c(Cl)c1. The molecule has 0 aromatic heterocycles. The summed E-state index contributed by atoms with van der Waals surface area (Å²) in [6.07, 6.45) is 0.201. The summed E-state index contributed by atoms with van der Waals surface area (Å²) in [4.78, 5) is 24.6. The minimum atomic E-state index is -1.21. The van der Waals surface area contributed by atoms with Crippen molar-refractivity contribution >= 4 is 41.4 Å². The second-order valence-corrected chi connectivity index (χ2v) is 10.5. The number of urea groups is 1. The van der Waals surface area contributed by atoms with E-state index in [2.05, 4.69) is 21.2 Å². The average molecular weight is 662 g/mol. The zero-order chi connectivity index (χ0) is 32.5. The van der Waals surface area contributed by atoms with Crippen LogP contribution in [0.3, 0.4) is 0 Å². The predicted molar refractivity (Wildman–Crippen MR) is 166 cm³/mol. The van der Waals surface area contributed by atoms with Gasteiger partial charge in [0.05, 0.1) is 41.6 Å². The molecule has 1 heterocycles. The largest absolute Gasteiger partial charge is 0.490 e. The molecule has 0 radical (unpaired) electrons.